The first-order valence-electron chi connectivity index (χ1n) is 13.4. The van der Waals surface area contributed by atoms with Crippen LogP contribution in [0.25, 0.3) is 0 Å². The van der Waals surface area contributed by atoms with Crippen molar-refractivity contribution < 1.29 is 19.7 Å². The molecular weight excluding hydrogens is 388 g/mol. The first-order valence-corrected chi connectivity index (χ1v) is 13.4. The molecular formula is C27H44O4. The number of aliphatic hydroxyl groups is 2. The quantitative estimate of drug-likeness (QED) is 0.579. The second kappa shape index (κ2) is 6.93. The Hall–Kier alpha value is -0.160. The maximum Gasteiger partial charge on any atom is 0.171 e. The molecule has 0 aromatic rings. The van der Waals surface area contributed by atoms with Crippen LogP contribution in [0.15, 0.2) is 0 Å². The van der Waals surface area contributed by atoms with Gasteiger partial charge in [0.15, 0.2) is 5.79 Å². The third-order valence-electron chi connectivity index (χ3n) is 12.0. The molecule has 2 N–H and O–H groups in total. The first-order chi connectivity index (χ1) is 14.7. The van der Waals surface area contributed by atoms with Crippen molar-refractivity contribution >= 4 is 0 Å². The van der Waals surface area contributed by atoms with Gasteiger partial charge in [0.25, 0.3) is 0 Å². The van der Waals surface area contributed by atoms with Gasteiger partial charge >= 0.3 is 0 Å². The first kappa shape index (κ1) is 21.4. The average Bonchev–Trinajstić information content (AvgIpc) is 3.16. The van der Waals surface area contributed by atoms with Crippen molar-refractivity contribution in [1.29, 1.82) is 0 Å². The van der Waals surface area contributed by atoms with Crippen LogP contribution in [0.3, 0.4) is 0 Å². The summed E-state index contributed by atoms with van der Waals surface area (Å²) in [6.45, 7) is 10.6. The average molecular weight is 433 g/mol. The highest BCUT2D eigenvalue weighted by Gasteiger charge is 2.69. The van der Waals surface area contributed by atoms with Gasteiger partial charge in [-0.3, -0.25) is 0 Å². The Bertz CT molecular complexity index is 716. The normalized spacial score (nSPS) is 63.3. The summed E-state index contributed by atoms with van der Waals surface area (Å²) in [5, 5.41) is 20.9. The minimum Gasteiger partial charge on any atom is -0.390 e. The molecule has 4 nitrogen and oxygen atoms in total. The fraction of sp³-hybridized carbons (Fsp3) is 1.00. The molecule has 0 aromatic heterocycles. The van der Waals surface area contributed by atoms with E-state index in [0.717, 1.165) is 37.7 Å². The highest BCUT2D eigenvalue weighted by Crippen LogP contribution is 2.71. The SMILES string of the molecule is CC1CC[C@@]2(OC1)O[C@H]1CC3C4CC[C@H]5C[C@@H](O)[C@H](O)C[C@]5(C)C4CC[C@]3(C)C1[C@@H]2C. The van der Waals surface area contributed by atoms with Gasteiger partial charge in [-0.25, -0.2) is 0 Å². The van der Waals surface area contributed by atoms with Crippen molar-refractivity contribution in [1.82, 2.24) is 0 Å². The minimum absolute atomic E-state index is 0.191. The molecule has 13 atom stereocenters. The Morgan fingerprint density at radius 2 is 1.65 bits per heavy atom. The number of aliphatic hydroxyl groups excluding tert-OH is 2. The summed E-state index contributed by atoms with van der Waals surface area (Å²) in [5.74, 6) is 4.21. The number of hydrogen-bond donors (Lipinski definition) is 2. The zero-order valence-electron chi connectivity index (χ0n) is 20.1. The van der Waals surface area contributed by atoms with Gasteiger partial charge in [0.05, 0.1) is 24.9 Å². The van der Waals surface area contributed by atoms with Crippen molar-refractivity contribution in [2.75, 3.05) is 6.61 Å². The van der Waals surface area contributed by atoms with Crippen molar-refractivity contribution in [3.8, 4) is 0 Å². The van der Waals surface area contributed by atoms with Crippen LogP contribution in [0.1, 0.15) is 85.5 Å². The smallest absolute Gasteiger partial charge is 0.171 e. The number of ether oxygens (including phenoxy) is 2. The Balaban J connectivity index is 1.26. The van der Waals surface area contributed by atoms with Crippen LogP contribution in [0.4, 0.5) is 0 Å². The van der Waals surface area contributed by atoms with Crippen molar-refractivity contribution in [3.05, 3.63) is 0 Å². The van der Waals surface area contributed by atoms with Gasteiger partial charge < -0.3 is 19.7 Å². The predicted molar refractivity (Wildman–Crippen MR) is 119 cm³/mol. The molecule has 6 aliphatic rings. The van der Waals surface area contributed by atoms with E-state index in [0.29, 0.717) is 41.1 Å². The summed E-state index contributed by atoms with van der Waals surface area (Å²) in [6, 6.07) is 0. The fourth-order valence-electron chi connectivity index (χ4n) is 10.3. The van der Waals surface area contributed by atoms with Crippen LogP contribution in [-0.4, -0.2) is 40.9 Å². The monoisotopic (exact) mass is 432 g/mol. The number of hydrogen-bond acceptors (Lipinski definition) is 4. The molecule has 2 saturated heterocycles. The van der Waals surface area contributed by atoms with E-state index < -0.39 is 12.2 Å². The Morgan fingerprint density at radius 3 is 2.39 bits per heavy atom. The predicted octanol–water partition coefficient (Wildman–Crippen LogP) is 4.76. The van der Waals surface area contributed by atoms with Gasteiger partial charge in [-0.2, -0.15) is 0 Å². The molecule has 4 aliphatic carbocycles. The van der Waals surface area contributed by atoms with Crippen LogP contribution >= 0.6 is 0 Å². The highest BCUT2D eigenvalue weighted by atomic mass is 16.7. The number of rotatable bonds is 0. The molecule has 6 rings (SSSR count). The second-order valence-corrected chi connectivity index (χ2v) is 13.2. The lowest BCUT2D eigenvalue weighted by Crippen LogP contribution is -2.57. The third-order valence-corrected chi connectivity index (χ3v) is 12.0. The van der Waals surface area contributed by atoms with Crippen LogP contribution in [0.5, 0.6) is 0 Å². The minimum atomic E-state index is -0.537. The lowest BCUT2D eigenvalue weighted by atomic mass is 9.44. The standard InChI is InChI=1S/C27H44O4/c1-15-7-10-27(30-14-15)16(2)24-23(31-27)12-20-18-6-5-17-11-21(28)22(29)13-26(17,4)19(18)8-9-25(20,24)3/h15-24,28-29H,5-14H2,1-4H3/t15?,16-,17-,18?,19?,20?,21+,22+,23-,24?,25-,26-,27+/m0/s1. The van der Waals surface area contributed by atoms with E-state index in [1.165, 1.54) is 38.5 Å². The largest absolute Gasteiger partial charge is 0.390 e. The summed E-state index contributed by atoms with van der Waals surface area (Å²) in [4.78, 5) is 0. The van der Waals surface area contributed by atoms with Crippen LogP contribution in [-0.2, 0) is 9.47 Å². The van der Waals surface area contributed by atoms with Gasteiger partial charge in [0, 0.05) is 12.3 Å². The lowest BCUT2D eigenvalue weighted by Gasteiger charge is -2.61. The maximum atomic E-state index is 10.6. The van der Waals surface area contributed by atoms with Crippen molar-refractivity contribution in [3.63, 3.8) is 0 Å². The lowest BCUT2D eigenvalue weighted by molar-refractivity contribution is -0.273. The van der Waals surface area contributed by atoms with E-state index in [1.54, 1.807) is 0 Å². The van der Waals surface area contributed by atoms with Gasteiger partial charge in [0.2, 0.25) is 0 Å². The van der Waals surface area contributed by atoms with Gasteiger partial charge in [-0.1, -0.05) is 27.7 Å². The van der Waals surface area contributed by atoms with E-state index in [4.69, 9.17) is 9.47 Å². The molecule has 0 amide bonds. The zero-order chi connectivity index (χ0) is 21.8. The van der Waals surface area contributed by atoms with E-state index in [9.17, 15) is 10.2 Å². The Kier molecular flexibility index (Phi) is 4.78. The molecule has 5 unspecified atom stereocenters. The van der Waals surface area contributed by atoms with Gasteiger partial charge in [0.1, 0.15) is 0 Å². The molecule has 0 bridgehead atoms. The molecule has 176 valence electrons. The molecule has 0 radical (unpaired) electrons. The maximum absolute atomic E-state index is 10.6. The third kappa shape index (κ3) is 2.80. The molecule has 2 heterocycles. The molecule has 31 heavy (non-hydrogen) atoms. The topological polar surface area (TPSA) is 58.9 Å². The summed E-state index contributed by atoms with van der Waals surface area (Å²) in [6.07, 6.45) is 9.51. The van der Waals surface area contributed by atoms with E-state index in [-0.39, 0.29) is 11.2 Å². The summed E-state index contributed by atoms with van der Waals surface area (Å²) >= 11 is 0. The van der Waals surface area contributed by atoms with Crippen LogP contribution in [0, 0.1) is 52.3 Å². The van der Waals surface area contributed by atoms with Crippen molar-refractivity contribution in [2.24, 2.45) is 52.3 Å². The van der Waals surface area contributed by atoms with E-state index in [2.05, 4.69) is 27.7 Å². The second-order valence-electron chi connectivity index (χ2n) is 13.2. The molecule has 4 saturated carbocycles. The molecule has 2 aliphatic heterocycles. The summed E-state index contributed by atoms with van der Waals surface area (Å²) < 4.78 is 13.3. The van der Waals surface area contributed by atoms with E-state index in [1.807, 2.05) is 0 Å². The fourth-order valence-corrected chi connectivity index (χ4v) is 10.3. The molecule has 0 aromatic carbocycles. The van der Waals surface area contributed by atoms with E-state index >= 15 is 0 Å². The zero-order valence-corrected chi connectivity index (χ0v) is 20.1. The summed E-state index contributed by atoms with van der Waals surface area (Å²) in [5.41, 5.74) is 0.550. The highest BCUT2D eigenvalue weighted by molar-refractivity contribution is 5.15. The van der Waals surface area contributed by atoms with Crippen LogP contribution in [0.2, 0.25) is 0 Å². The molecule has 1 spiro atoms. The summed E-state index contributed by atoms with van der Waals surface area (Å²) in [7, 11) is 0. The van der Waals surface area contributed by atoms with Crippen LogP contribution < -0.4 is 0 Å². The van der Waals surface area contributed by atoms with Gasteiger partial charge in [-0.15, -0.1) is 0 Å². The van der Waals surface area contributed by atoms with Crippen molar-refractivity contribution in [2.45, 2.75) is 110 Å². The Labute approximate surface area is 188 Å². The number of fused-ring (bicyclic) bond motifs is 7. The molecule has 4 heteroatoms. The molecule has 6 fully saturated rings. The Morgan fingerprint density at radius 1 is 0.839 bits per heavy atom. The van der Waals surface area contributed by atoms with Gasteiger partial charge in [-0.05, 0) is 97.7 Å².